The number of unbranched alkanes of at least 4 members (excludes halogenated alkanes) is 18. The average molecular weight is 651 g/mol. The summed E-state index contributed by atoms with van der Waals surface area (Å²) in [4.78, 5) is 5.81. The Morgan fingerprint density at radius 1 is 0.474 bits per heavy atom. The van der Waals surface area contributed by atoms with Crippen LogP contribution in [-0.4, -0.2) is 45.2 Å². The molecular weight excluding hydrogens is 598 g/mol. The second-order valence-corrected chi connectivity index (χ2v) is 11.2. The topological polar surface area (TPSA) is 18.5 Å². The van der Waals surface area contributed by atoms with E-state index in [1.807, 2.05) is 12.1 Å². The van der Waals surface area contributed by atoms with Crippen molar-refractivity contribution in [1.29, 1.82) is 0 Å². The van der Waals surface area contributed by atoms with Gasteiger partial charge in [0.15, 0.2) is 0 Å². The van der Waals surface area contributed by atoms with Gasteiger partial charge < -0.3 is 0 Å². The van der Waals surface area contributed by atoms with Gasteiger partial charge in [-0.05, 0) is 0 Å². The maximum atomic E-state index is 6.17. The minimum atomic E-state index is 0.711. The van der Waals surface area contributed by atoms with Crippen LogP contribution in [0.25, 0.3) is 0 Å². The molecule has 0 aliphatic rings. The van der Waals surface area contributed by atoms with E-state index in [-0.39, 0.29) is 0 Å². The number of hydrogen-bond donors (Lipinski definition) is 0. The summed E-state index contributed by atoms with van der Waals surface area (Å²) < 4.78 is 12.3. The summed E-state index contributed by atoms with van der Waals surface area (Å²) in [5.74, 6) is 7.90. The van der Waals surface area contributed by atoms with Gasteiger partial charge in [-0.15, -0.1) is 0 Å². The second-order valence-electron chi connectivity index (χ2n) is 10.4. The predicted octanol–water partition coefficient (Wildman–Crippen LogP) is 9.24. The molecule has 0 radical (unpaired) electrons. The zero-order valence-electron chi connectivity index (χ0n) is 24.3. The van der Waals surface area contributed by atoms with Crippen LogP contribution in [0.4, 0.5) is 0 Å². The Morgan fingerprint density at radius 2 is 0.763 bits per heavy atom. The summed E-state index contributed by atoms with van der Waals surface area (Å²) in [6.07, 6.45) is 26.4. The van der Waals surface area contributed by atoms with E-state index >= 15 is 0 Å². The minimum absolute atomic E-state index is 0.711. The van der Waals surface area contributed by atoms with Gasteiger partial charge in [-0.2, -0.15) is 0 Å². The van der Waals surface area contributed by atoms with Gasteiger partial charge in [-0.3, -0.25) is 0 Å². The zero-order valence-corrected chi connectivity index (χ0v) is 27.8. The molecule has 0 amide bonds. The van der Waals surface area contributed by atoms with Crippen LogP contribution in [0.2, 0.25) is 0 Å². The maximum absolute atomic E-state index is 6.17. The van der Waals surface area contributed by atoms with E-state index in [9.17, 15) is 0 Å². The van der Waals surface area contributed by atoms with Gasteiger partial charge in [0.1, 0.15) is 0 Å². The fourth-order valence-corrected chi connectivity index (χ4v) is 5.11. The summed E-state index contributed by atoms with van der Waals surface area (Å²) in [6, 6.07) is 3.99. The third kappa shape index (κ3) is 18.3. The van der Waals surface area contributed by atoms with Crippen molar-refractivity contribution in [3.8, 4) is 33.0 Å². The Labute approximate surface area is 252 Å². The van der Waals surface area contributed by atoms with E-state index in [0.29, 0.717) is 13.2 Å². The molecular formula is C34H52O2Se2-2. The monoisotopic (exact) mass is 652 g/mol. The van der Waals surface area contributed by atoms with E-state index < -0.39 is 0 Å². The van der Waals surface area contributed by atoms with E-state index in [2.05, 4.69) is 67.4 Å². The molecule has 0 atom stereocenters. The number of ether oxygens (including phenoxy) is 2. The van der Waals surface area contributed by atoms with Gasteiger partial charge in [0.05, 0.1) is 0 Å². The number of rotatable bonds is 24. The first-order chi connectivity index (χ1) is 18.8. The van der Waals surface area contributed by atoms with Crippen molar-refractivity contribution in [2.75, 3.05) is 13.2 Å². The Balaban J connectivity index is 2.40. The fraction of sp³-hybridized carbons (Fsp3) is 0.706. The Morgan fingerprint density at radius 3 is 1.05 bits per heavy atom. The zero-order chi connectivity index (χ0) is 27.5. The van der Waals surface area contributed by atoms with Crippen LogP contribution in [0.3, 0.4) is 0 Å². The van der Waals surface area contributed by atoms with Crippen molar-refractivity contribution >= 4 is 32.0 Å². The van der Waals surface area contributed by atoms with Crippen molar-refractivity contribution in [3.05, 3.63) is 23.3 Å². The Bertz CT molecular complexity index is 759. The first-order valence-corrected chi connectivity index (χ1v) is 17.2. The molecule has 38 heavy (non-hydrogen) atoms. The van der Waals surface area contributed by atoms with Crippen LogP contribution in [0.5, 0.6) is 11.5 Å². The SMILES string of the molecule is CCCCCCCCCCCCOc1cc(C#C[Se-])c(OCCCCCCCCCCCC)cc1C#C[Se-]. The van der Waals surface area contributed by atoms with Gasteiger partial charge >= 0.3 is 188 Å². The molecule has 0 saturated heterocycles. The Hall–Kier alpha value is -1.02. The van der Waals surface area contributed by atoms with Crippen molar-refractivity contribution in [2.45, 2.75) is 142 Å². The molecule has 0 spiro atoms. The Kier molecular flexibility index (Phi) is 24.1. The molecule has 0 fully saturated rings. The molecule has 0 unspecified atom stereocenters. The van der Waals surface area contributed by atoms with Gasteiger partial charge in [0.25, 0.3) is 0 Å². The molecule has 1 rings (SSSR count). The van der Waals surface area contributed by atoms with Crippen LogP contribution in [0, 0.1) is 21.5 Å². The standard InChI is InChI=1S/C34H54O2Se2/c1-3-5-7-9-11-13-15-17-19-21-25-35-33-29-32(24-28-38)34(30-31(33)23-27-37)36-26-22-20-18-16-14-12-10-8-6-4-2/h29-30,37-38H,3-22,25-26H2,1-2H3/p-2. The van der Waals surface area contributed by atoms with Crippen molar-refractivity contribution in [1.82, 2.24) is 0 Å². The normalized spacial score (nSPS) is 10.4. The van der Waals surface area contributed by atoms with Crippen LogP contribution >= 0.6 is 0 Å². The molecule has 0 aromatic heterocycles. The molecule has 214 valence electrons. The first kappa shape index (κ1) is 35.0. The number of hydrogen-bond acceptors (Lipinski definition) is 2. The number of benzene rings is 1. The molecule has 0 aliphatic carbocycles. The molecule has 0 bridgehead atoms. The quantitative estimate of drug-likeness (QED) is 0.0631. The van der Waals surface area contributed by atoms with Crippen molar-refractivity contribution in [3.63, 3.8) is 0 Å². The van der Waals surface area contributed by atoms with Gasteiger partial charge in [0, 0.05) is 0 Å². The second kappa shape index (κ2) is 26.2. The van der Waals surface area contributed by atoms with Crippen LogP contribution in [0.15, 0.2) is 12.1 Å². The molecule has 0 N–H and O–H groups in total. The summed E-state index contributed by atoms with van der Waals surface area (Å²) in [7, 11) is 0. The van der Waals surface area contributed by atoms with Gasteiger partial charge in [0.2, 0.25) is 0 Å². The summed E-state index contributed by atoms with van der Waals surface area (Å²) in [5, 5.41) is 0. The predicted molar refractivity (Wildman–Crippen MR) is 166 cm³/mol. The molecule has 0 heterocycles. The summed E-state index contributed by atoms with van der Waals surface area (Å²) in [5.41, 5.74) is 1.72. The van der Waals surface area contributed by atoms with E-state index in [0.717, 1.165) is 35.5 Å². The van der Waals surface area contributed by atoms with Crippen LogP contribution < -0.4 is 9.47 Å². The van der Waals surface area contributed by atoms with Crippen LogP contribution in [-0.2, 0) is 0 Å². The third-order valence-corrected chi connectivity index (χ3v) is 7.39. The molecule has 1 aromatic rings. The molecule has 2 nitrogen and oxygen atoms in total. The van der Waals surface area contributed by atoms with E-state index in [1.165, 1.54) is 116 Å². The molecule has 0 saturated carbocycles. The first-order valence-electron chi connectivity index (χ1n) is 15.5. The summed E-state index contributed by atoms with van der Waals surface area (Å²) in [6.45, 7) is 5.97. The van der Waals surface area contributed by atoms with Crippen molar-refractivity contribution in [2.24, 2.45) is 0 Å². The molecule has 1 aromatic carbocycles. The van der Waals surface area contributed by atoms with Crippen LogP contribution in [0.1, 0.15) is 153 Å². The molecule has 0 aliphatic heterocycles. The average Bonchev–Trinajstić information content (AvgIpc) is 2.92. The van der Waals surface area contributed by atoms with Gasteiger partial charge in [-0.1, -0.05) is 65.2 Å². The summed E-state index contributed by atoms with van der Waals surface area (Å²) >= 11 is 5.58. The van der Waals surface area contributed by atoms with Crippen molar-refractivity contribution < 1.29 is 9.47 Å². The molecule has 4 heteroatoms. The van der Waals surface area contributed by atoms with Gasteiger partial charge in [-0.25, -0.2) is 0 Å². The fourth-order valence-electron chi connectivity index (χ4n) is 4.65. The van der Waals surface area contributed by atoms with E-state index in [1.54, 1.807) is 0 Å². The third-order valence-electron chi connectivity index (χ3n) is 6.96. The van der Waals surface area contributed by atoms with E-state index in [4.69, 9.17) is 9.47 Å².